The van der Waals surface area contributed by atoms with Gasteiger partial charge in [0, 0.05) is 44.8 Å². The monoisotopic (exact) mass is 789 g/mol. The van der Waals surface area contributed by atoms with Crippen LogP contribution in [-0.4, -0.2) is 169 Å². The molecule has 16 nitrogen and oxygen atoms in total. The topological polar surface area (TPSA) is 220 Å². The zero-order valence-electron chi connectivity index (χ0n) is 34.1. The lowest BCUT2D eigenvalue weighted by Gasteiger charge is -2.46. The van der Waals surface area contributed by atoms with Crippen molar-refractivity contribution >= 4 is 18.0 Å². The average Bonchev–Trinajstić information content (AvgIpc) is 3.13. The number of likely N-dealkylation sites (N-methyl/N-ethyl adjacent to an activating group) is 1. The summed E-state index contributed by atoms with van der Waals surface area (Å²) < 4.78 is 41.5. The lowest BCUT2D eigenvalue weighted by molar-refractivity contribution is -0.306. The summed E-state index contributed by atoms with van der Waals surface area (Å²) in [6, 6.07) is -0.755. The number of Topliss-reactive ketones (excluding diaryl/α,β-unsaturated/α-hetero) is 1. The van der Waals surface area contributed by atoms with Gasteiger partial charge in [-0.25, -0.2) is 0 Å². The fourth-order valence-electron chi connectivity index (χ4n) is 8.06. The number of esters is 1. The zero-order chi connectivity index (χ0) is 41.3. The lowest BCUT2D eigenvalue weighted by atomic mass is 9.79. The minimum atomic E-state index is -1.37. The largest absolute Gasteiger partial charge is 0.462 e. The molecular weight excluding hydrogens is 722 g/mol. The summed E-state index contributed by atoms with van der Waals surface area (Å²) in [6.45, 7) is 9.96. The number of hydrogen-bond donors (Lipinski definition) is 5. The molecule has 55 heavy (non-hydrogen) atoms. The number of cyclic esters (lactones) is 1. The van der Waals surface area contributed by atoms with E-state index in [1.54, 1.807) is 66.6 Å². The number of aliphatic hydroxyl groups is 5. The third-order valence-corrected chi connectivity index (χ3v) is 11.7. The predicted octanol–water partition coefficient (Wildman–Crippen LogP) is 0.757. The van der Waals surface area contributed by atoms with E-state index >= 15 is 0 Å². The second-order valence-electron chi connectivity index (χ2n) is 15.8. The van der Waals surface area contributed by atoms with Crippen LogP contribution < -0.4 is 0 Å². The van der Waals surface area contributed by atoms with E-state index in [-0.39, 0.29) is 38.1 Å². The number of carbonyl (C=O) groups is 3. The molecule has 5 N–H and O–H groups in total. The number of hydrogen-bond acceptors (Lipinski definition) is 16. The first kappa shape index (κ1) is 47.4. The molecule has 318 valence electrons. The van der Waals surface area contributed by atoms with E-state index < -0.39 is 122 Å². The normalized spacial score (nSPS) is 44.1. The van der Waals surface area contributed by atoms with Crippen LogP contribution in [0.15, 0.2) is 11.6 Å². The van der Waals surface area contributed by atoms with Crippen LogP contribution in [0.5, 0.6) is 0 Å². The highest BCUT2D eigenvalue weighted by Crippen LogP contribution is 2.35. The van der Waals surface area contributed by atoms with Gasteiger partial charge < -0.3 is 68.4 Å². The molecule has 16 heteroatoms. The third kappa shape index (κ3) is 11.8. The molecule has 2 unspecified atom stereocenters. The number of ether oxygens (including phenoxy) is 7. The molecule has 0 aromatic carbocycles. The van der Waals surface area contributed by atoms with Gasteiger partial charge in [-0.15, -0.1) is 0 Å². The predicted molar refractivity (Wildman–Crippen MR) is 197 cm³/mol. The highest BCUT2D eigenvalue weighted by Gasteiger charge is 2.48. The van der Waals surface area contributed by atoms with Crippen LogP contribution in [-0.2, 0) is 47.5 Å². The van der Waals surface area contributed by atoms with E-state index in [0.717, 1.165) is 0 Å². The first-order chi connectivity index (χ1) is 25.9. The van der Waals surface area contributed by atoms with Crippen molar-refractivity contribution in [2.24, 2.45) is 23.7 Å². The number of aliphatic hydroxyl groups excluding tert-OH is 5. The Hall–Kier alpha value is -1.93. The van der Waals surface area contributed by atoms with Crippen LogP contribution in [0, 0.1) is 23.7 Å². The fourth-order valence-corrected chi connectivity index (χ4v) is 8.06. The van der Waals surface area contributed by atoms with Crippen molar-refractivity contribution in [2.75, 3.05) is 34.9 Å². The quantitative estimate of drug-likeness (QED) is 0.111. The van der Waals surface area contributed by atoms with Gasteiger partial charge in [-0.1, -0.05) is 26.8 Å². The third-order valence-electron chi connectivity index (χ3n) is 11.7. The Kier molecular flexibility index (Phi) is 18.7. The van der Waals surface area contributed by atoms with Gasteiger partial charge in [0.15, 0.2) is 12.6 Å². The lowest BCUT2D eigenvalue weighted by Crippen LogP contribution is -2.63. The second-order valence-corrected chi connectivity index (χ2v) is 15.8. The summed E-state index contributed by atoms with van der Waals surface area (Å²) in [5.41, 5.74) is 0.441. The smallest absolute Gasteiger partial charge is 0.308 e. The standard InChI is InChI=1S/C39H67NO15/c1-11-28-25(18-51-39-37(50-10)36(49-9)33(47)23(6)53-39)31(45)19(2)12-13-26(42)20(3)16-24(14-15-41)35(21(4)27(43)17-29(44)54-28)55-38-34(48)30(40(7)8)32(46)22(5)52-38/h12,15,20-25,27-28,30-39,43,45-48H,11,13-14,16-18H2,1-10H3/b19-12-/t20-,21+,22-,23-,24?,25-,27-,28-,30+,31?,32-,33-,34-,35-,36-,37-,38+,39-/m1/s1. The van der Waals surface area contributed by atoms with Crippen molar-refractivity contribution < 1.29 is 73.1 Å². The molecule has 3 heterocycles. The van der Waals surface area contributed by atoms with Gasteiger partial charge in [-0.05, 0) is 59.2 Å². The molecule has 2 saturated heterocycles. The van der Waals surface area contributed by atoms with E-state index in [1.807, 2.05) is 0 Å². The highest BCUT2D eigenvalue weighted by atomic mass is 16.7. The van der Waals surface area contributed by atoms with Gasteiger partial charge >= 0.3 is 5.97 Å². The molecule has 3 aliphatic rings. The summed E-state index contributed by atoms with van der Waals surface area (Å²) in [7, 11) is 6.28. The minimum absolute atomic E-state index is 0.0432. The summed E-state index contributed by atoms with van der Waals surface area (Å²) in [6.07, 6.45) is -10.9. The highest BCUT2D eigenvalue weighted by molar-refractivity contribution is 5.82. The number of nitrogens with zero attached hydrogens (tertiary/aromatic N) is 1. The zero-order valence-corrected chi connectivity index (χ0v) is 34.1. The minimum Gasteiger partial charge on any atom is -0.462 e. The van der Waals surface area contributed by atoms with Gasteiger partial charge in [0.2, 0.25) is 0 Å². The fraction of sp³-hybridized carbons (Fsp3) is 0.872. The van der Waals surface area contributed by atoms with Crippen molar-refractivity contribution in [1.82, 2.24) is 4.90 Å². The van der Waals surface area contributed by atoms with Crippen LogP contribution in [0.1, 0.15) is 73.6 Å². The van der Waals surface area contributed by atoms with Gasteiger partial charge in [-0.3, -0.25) is 9.59 Å². The van der Waals surface area contributed by atoms with E-state index in [9.17, 15) is 39.9 Å². The average molecular weight is 790 g/mol. The number of allylic oxidation sites excluding steroid dienone is 1. The van der Waals surface area contributed by atoms with Crippen molar-refractivity contribution in [1.29, 1.82) is 0 Å². The molecule has 0 bridgehead atoms. The van der Waals surface area contributed by atoms with Crippen LogP contribution in [0.4, 0.5) is 0 Å². The van der Waals surface area contributed by atoms with Crippen molar-refractivity contribution in [3.05, 3.63) is 11.6 Å². The number of aldehydes is 1. The number of ketones is 1. The number of methoxy groups -OCH3 is 2. The van der Waals surface area contributed by atoms with E-state index in [1.165, 1.54) is 14.2 Å². The second kappa shape index (κ2) is 21.7. The summed E-state index contributed by atoms with van der Waals surface area (Å²) in [5, 5.41) is 56.0. The Balaban J connectivity index is 1.97. The molecule has 0 aromatic rings. The van der Waals surface area contributed by atoms with Crippen molar-refractivity contribution in [2.45, 2.75) is 159 Å². The maximum Gasteiger partial charge on any atom is 0.308 e. The summed E-state index contributed by atoms with van der Waals surface area (Å²) in [4.78, 5) is 40.9. The molecule has 2 fully saturated rings. The van der Waals surface area contributed by atoms with Crippen molar-refractivity contribution in [3.8, 4) is 0 Å². The molecular formula is C39H67NO15. The maximum atomic E-state index is 13.6. The molecule has 0 aliphatic carbocycles. The first-order valence-electron chi connectivity index (χ1n) is 19.4. The molecule has 0 aromatic heterocycles. The maximum absolute atomic E-state index is 13.6. The van der Waals surface area contributed by atoms with Crippen LogP contribution in [0.25, 0.3) is 0 Å². The first-order valence-corrected chi connectivity index (χ1v) is 19.4. The molecule has 0 spiro atoms. The van der Waals surface area contributed by atoms with E-state index in [2.05, 4.69) is 0 Å². The van der Waals surface area contributed by atoms with Gasteiger partial charge in [0.1, 0.15) is 42.6 Å². The van der Waals surface area contributed by atoms with Crippen LogP contribution >= 0.6 is 0 Å². The number of rotatable bonds is 11. The van der Waals surface area contributed by atoms with Gasteiger partial charge in [0.25, 0.3) is 0 Å². The van der Waals surface area contributed by atoms with Gasteiger partial charge in [0.05, 0.1) is 55.7 Å². The van der Waals surface area contributed by atoms with Crippen molar-refractivity contribution in [3.63, 3.8) is 0 Å². The molecule has 18 atom stereocenters. The Bertz CT molecular complexity index is 1250. The molecule has 3 rings (SSSR count). The van der Waals surface area contributed by atoms with Crippen LogP contribution in [0.2, 0.25) is 0 Å². The summed E-state index contributed by atoms with van der Waals surface area (Å²) in [5.74, 6) is -3.84. The van der Waals surface area contributed by atoms with Gasteiger partial charge in [-0.2, -0.15) is 0 Å². The molecule has 3 aliphatic heterocycles. The van der Waals surface area contributed by atoms with E-state index in [0.29, 0.717) is 11.9 Å². The SMILES string of the molecule is CC[C@H]1OC(=O)C[C@@H](O)[C@H](C)[C@@H](O[C@@H]2O[C@H](C)[C@@H](O)[C@H](N(C)C)[C@H]2O)C(CC=O)C[C@@H](C)C(=O)C/C=C(/C)C(O)[C@@H]1CO[C@@H]1O[C@H](C)[C@@H](O)[C@@H](OC)[C@H]1OC. The van der Waals surface area contributed by atoms with E-state index in [4.69, 9.17) is 33.2 Å². The summed E-state index contributed by atoms with van der Waals surface area (Å²) >= 11 is 0. The number of carbonyl (C=O) groups excluding carboxylic acids is 3. The molecule has 0 saturated carbocycles. The Morgan fingerprint density at radius 2 is 1.51 bits per heavy atom. The van der Waals surface area contributed by atoms with Crippen LogP contribution in [0.3, 0.4) is 0 Å². The molecule has 0 amide bonds. The Labute approximate surface area is 325 Å². The molecule has 0 radical (unpaired) electrons. The Morgan fingerprint density at radius 1 is 0.891 bits per heavy atom. The Morgan fingerprint density at radius 3 is 2.09 bits per heavy atom.